The fourth-order valence-corrected chi connectivity index (χ4v) is 3.18. The molecule has 1 aliphatic rings. The van der Waals surface area contributed by atoms with Gasteiger partial charge in [-0.1, -0.05) is 22.0 Å². The van der Waals surface area contributed by atoms with Crippen LogP contribution in [0.25, 0.3) is 4.85 Å². The lowest BCUT2D eigenvalue weighted by atomic mass is 9.83. The van der Waals surface area contributed by atoms with E-state index < -0.39 is 17.7 Å². The SMILES string of the molecule is [C-]#[N+]C1=C(C)NC(COC)=C(C(=O)OC(C)C)C1c1ccc(Br)cc1F. The Kier molecular flexibility index (Phi) is 6.57. The average molecular weight is 423 g/mol. The maximum Gasteiger partial charge on any atom is 0.335 e. The number of nitrogens with one attached hydrogen (secondary N) is 1. The van der Waals surface area contributed by atoms with Crippen molar-refractivity contribution in [3.05, 3.63) is 68.1 Å². The van der Waals surface area contributed by atoms with Crippen molar-refractivity contribution in [1.29, 1.82) is 0 Å². The highest BCUT2D eigenvalue weighted by Gasteiger charge is 2.37. The molecule has 5 nitrogen and oxygen atoms in total. The molecular formula is C19H20BrFN2O3. The van der Waals surface area contributed by atoms with Crippen molar-refractivity contribution in [1.82, 2.24) is 5.32 Å². The molecule has 0 bridgehead atoms. The molecule has 1 aliphatic heterocycles. The molecule has 0 aromatic heterocycles. The van der Waals surface area contributed by atoms with Crippen LogP contribution in [0.5, 0.6) is 0 Å². The summed E-state index contributed by atoms with van der Waals surface area (Å²) in [6.45, 7) is 12.8. The van der Waals surface area contributed by atoms with Gasteiger partial charge in [-0.2, -0.15) is 0 Å². The first kappa shape index (κ1) is 20.1. The Bertz CT molecular complexity index is 825. The molecule has 2 rings (SSSR count). The van der Waals surface area contributed by atoms with Crippen molar-refractivity contribution < 1.29 is 18.7 Å². The number of hydrogen-bond acceptors (Lipinski definition) is 4. The van der Waals surface area contributed by atoms with E-state index in [-0.39, 0.29) is 29.5 Å². The third kappa shape index (κ3) is 4.14. The van der Waals surface area contributed by atoms with E-state index in [0.29, 0.717) is 15.9 Å². The number of allylic oxidation sites excluding steroid dienone is 2. The molecule has 0 radical (unpaired) electrons. The molecule has 0 amide bonds. The summed E-state index contributed by atoms with van der Waals surface area (Å²) in [5, 5.41) is 3.04. The standard InChI is InChI=1S/C19H20BrFN2O3/c1-10(2)26-19(24)17-15(9-25-5)23-11(3)18(22-4)16(17)13-7-6-12(20)8-14(13)21/h6-8,10,16,23H,9H2,1-3,5H3. The van der Waals surface area contributed by atoms with Crippen LogP contribution in [0.3, 0.4) is 0 Å². The van der Waals surface area contributed by atoms with E-state index in [1.54, 1.807) is 32.9 Å². The maximum absolute atomic E-state index is 14.7. The number of carbonyl (C=O) groups is 1. The molecule has 0 spiro atoms. The first-order valence-electron chi connectivity index (χ1n) is 8.03. The number of benzene rings is 1. The van der Waals surface area contributed by atoms with E-state index in [2.05, 4.69) is 26.1 Å². The van der Waals surface area contributed by atoms with Gasteiger partial charge in [0, 0.05) is 17.3 Å². The van der Waals surface area contributed by atoms with Crippen molar-refractivity contribution in [3.63, 3.8) is 0 Å². The highest BCUT2D eigenvalue weighted by molar-refractivity contribution is 9.10. The molecule has 1 heterocycles. The lowest BCUT2D eigenvalue weighted by Gasteiger charge is -2.30. The van der Waals surface area contributed by atoms with E-state index in [0.717, 1.165) is 0 Å². The van der Waals surface area contributed by atoms with Gasteiger partial charge in [-0.3, -0.25) is 0 Å². The first-order valence-corrected chi connectivity index (χ1v) is 8.82. The molecule has 26 heavy (non-hydrogen) atoms. The van der Waals surface area contributed by atoms with Gasteiger partial charge in [0.1, 0.15) is 5.82 Å². The minimum atomic E-state index is -0.863. The molecule has 0 saturated heterocycles. The number of halogens is 2. The molecule has 138 valence electrons. The molecule has 0 saturated carbocycles. The van der Waals surface area contributed by atoms with E-state index in [4.69, 9.17) is 16.0 Å². The van der Waals surface area contributed by atoms with Crippen molar-refractivity contribution in [2.45, 2.75) is 32.8 Å². The molecule has 0 fully saturated rings. The van der Waals surface area contributed by atoms with Gasteiger partial charge in [0.15, 0.2) is 5.70 Å². The zero-order valence-electron chi connectivity index (χ0n) is 15.0. The normalized spacial score (nSPS) is 17.2. The van der Waals surface area contributed by atoms with Crippen LogP contribution < -0.4 is 5.32 Å². The summed E-state index contributed by atoms with van der Waals surface area (Å²) in [4.78, 5) is 16.4. The van der Waals surface area contributed by atoms with Gasteiger partial charge in [0.2, 0.25) is 0 Å². The van der Waals surface area contributed by atoms with E-state index in [9.17, 15) is 9.18 Å². The Morgan fingerprint density at radius 2 is 2.15 bits per heavy atom. The van der Waals surface area contributed by atoms with Crippen LogP contribution in [0, 0.1) is 12.4 Å². The monoisotopic (exact) mass is 422 g/mol. The predicted molar refractivity (Wildman–Crippen MR) is 99.4 cm³/mol. The third-order valence-corrected chi connectivity index (χ3v) is 4.35. The van der Waals surface area contributed by atoms with E-state index >= 15 is 0 Å². The average Bonchev–Trinajstić information content (AvgIpc) is 2.54. The summed E-state index contributed by atoms with van der Waals surface area (Å²) >= 11 is 3.23. The molecule has 1 atom stereocenters. The van der Waals surface area contributed by atoms with Gasteiger partial charge in [0.05, 0.1) is 36.5 Å². The minimum absolute atomic E-state index is 0.111. The van der Waals surface area contributed by atoms with Gasteiger partial charge in [-0.25, -0.2) is 14.0 Å². The number of carbonyl (C=O) groups excluding carboxylic acids is 1. The Balaban J connectivity index is 2.70. The van der Waals surface area contributed by atoms with Crippen molar-refractivity contribution >= 4 is 21.9 Å². The quantitative estimate of drug-likeness (QED) is 0.568. The minimum Gasteiger partial charge on any atom is -0.460 e. The summed E-state index contributed by atoms with van der Waals surface area (Å²) in [5.74, 6) is -1.97. The summed E-state index contributed by atoms with van der Waals surface area (Å²) in [6, 6.07) is 4.56. The molecule has 1 unspecified atom stereocenters. The van der Waals surface area contributed by atoms with Gasteiger partial charge < -0.3 is 14.8 Å². The number of dihydropyridines is 1. The number of methoxy groups -OCH3 is 1. The summed E-state index contributed by atoms with van der Waals surface area (Å²) in [7, 11) is 1.50. The third-order valence-electron chi connectivity index (χ3n) is 3.86. The van der Waals surface area contributed by atoms with Crippen LogP contribution in [-0.4, -0.2) is 25.8 Å². The Hall–Kier alpha value is -2.17. The zero-order chi connectivity index (χ0) is 19.4. The van der Waals surface area contributed by atoms with Crippen molar-refractivity contribution in [3.8, 4) is 0 Å². The van der Waals surface area contributed by atoms with Crippen LogP contribution in [0.4, 0.5) is 4.39 Å². The largest absolute Gasteiger partial charge is 0.460 e. The number of nitrogens with zero attached hydrogens (tertiary/aromatic N) is 1. The smallest absolute Gasteiger partial charge is 0.335 e. The van der Waals surface area contributed by atoms with Gasteiger partial charge in [-0.15, -0.1) is 0 Å². The Morgan fingerprint density at radius 1 is 1.46 bits per heavy atom. The van der Waals surface area contributed by atoms with Crippen LogP contribution >= 0.6 is 15.9 Å². The van der Waals surface area contributed by atoms with E-state index in [1.165, 1.54) is 13.2 Å². The molecule has 1 N–H and O–H groups in total. The maximum atomic E-state index is 14.7. The summed E-state index contributed by atoms with van der Waals surface area (Å²) in [6.07, 6.45) is -0.349. The van der Waals surface area contributed by atoms with Crippen LogP contribution in [0.15, 0.2) is 45.3 Å². The second-order valence-electron chi connectivity index (χ2n) is 6.13. The lowest BCUT2D eigenvalue weighted by molar-refractivity contribution is -0.143. The highest BCUT2D eigenvalue weighted by Crippen LogP contribution is 2.41. The molecule has 1 aromatic carbocycles. The number of hydrogen-bond donors (Lipinski definition) is 1. The second-order valence-corrected chi connectivity index (χ2v) is 7.04. The van der Waals surface area contributed by atoms with Crippen molar-refractivity contribution in [2.24, 2.45) is 0 Å². The van der Waals surface area contributed by atoms with Gasteiger partial charge in [-0.05, 0) is 38.5 Å². The van der Waals surface area contributed by atoms with E-state index in [1.807, 2.05) is 0 Å². The highest BCUT2D eigenvalue weighted by atomic mass is 79.9. The van der Waals surface area contributed by atoms with Crippen LogP contribution in [0.2, 0.25) is 0 Å². The fourth-order valence-electron chi connectivity index (χ4n) is 2.85. The Morgan fingerprint density at radius 3 is 2.69 bits per heavy atom. The molecular weight excluding hydrogens is 403 g/mol. The first-order chi connectivity index (χ1) is 12.3. The summed E-state index contributed by atoms with van der Waals surface area (Å²) < 4.78 is 25.8. The van der Waals surface area contributed by atoms with Crippen LogP contribution in [0.1, 0.15) is 32.3 Å². The predicted octanol–water partition coefficient (Wildman–Crippen LogP) is 4.28. The topological polar surface area (TPSA) is 51.9 Å². The summed E-state index contributed by atoms with van der Waals surface area (Å²) in [5.41, 5.74) is 1.71. The molecule has 1 aromatic rings. The Labute approximate surface area is 160 Å². The van der Waals surface area contributed by atoms with Gasteiger partial charge >= 0.3 is 5.97 Å². The number of rotatable bonds is 5. The number of esters is 1. The molecule has 7 heteroatoms. The molecule has 0 aliphatic carbocycles. The van der Waals surface area contributed by atoms with Crippen molar-refractivity contribution in [2.75, 3.05) is 13.7 Å². The van der Waals surface area contributed by atoms with Crippen LogP contribution in [-0.2, 0) is 14.3 Å². The second kappa shape index (κ2) is 8.47. The lowest BCUT2D eigenvalue weighted by Crippen LogP contribution is -2.32. The fraction of sp³-hybridized carbons (Fsp3) is 0.368. The zero-order valence-corrected chi connectivity index (χ0v) is 16.6. The number of ether oxygens (including phenoxy) is 2. The van der Waals surface area contributed by atoms with Gasteiger partial charge in [0.25, 0.3) is 0 Å².